The van der Waals surface area contributed by atoms with Crippen LogP contribution in [0.5, 0.6) is 0 Å². The highest BCUT2D eigenvalue weighted by atomic mass is 16.5. The standard InChI is InChI=1S/C13H30N2O/c1-11(2)15(7)10-13(5,6)16-9-8-12(3,4)14/h11H,8-10,14H2,1-7H3. The second-order valence-electron chi connectivity index (χ2n) is 6.36. The minimum absolute atomic E-state index is 0.107. The van der Waals surface area contributed by atoms with E-state index in [2.05, 4.69) is 39.6 Å². The number of hydrogen-bond donors (Lipinski definition) is 1. The summed E-state index contributed by atoms with van der Waals surface area (Å²) in [4.78, 5) is 2.30. The number of hydrogen-bond acceptors (Lipinski definition) is 3. The summed E-state index contributed by atoms with van der Waals surface area (Å²) in [5, 5.41) is 0. The Morgan fingerprint density at radius 1 is 1.19 bits per heavy atom. The summed E-state index contributed by atoms with van der Waals surface area (Å²) in [6.45, 7) is 14.4. The minimum Gasteiger partial charge on any atom is -0.374 e. The van der Waals surface area contributed by atoms with Gasteiger partial charge in [0.2, 0.25) is 0 Å². The Kier molecular flexibility index (Phi) is 5.94. The number of ether oxygens (including phenoxy) is 1. The minimum atomic E-state index is -0.139. The molecule has 0 radical (unpaired) electrons. The van der Waals surface area contributed by atoms with Crippen LogP contribution in [0.15, 0.2) is 0 Å². The van der Waals surface area contributed by atoms with Gasteiger partial charge in [-0.25, -0.2) is 0 Å². The van der Waals surface area contributed by atoms with Gasteiger partial charge in [0.15, 0.2) is 0 Å². The van der Waals surface area contributed by atoms with E-state index in [9.17, 15) is 0 Å². The fourth-order valence-corrected chi connectivity index (χ4v) is 1.42. The van der Waals surface area contributed by atoms with Crippen molar-refractivity contribution in [2.24, 2.45) is 5.73 Å². The Hall–Kier alpha value is -0.120. The van der Waals surface area contributed by atoms with Crippen LogP contribution in [0.3, 0.4) is 0 Å². The second-order valence-corrected chi connectivity index (χ2v) is 6.36. The molecule has 0 aliphatic rings. The van der Waals surface area contributed by atoms with Crippen molar-refractivity contribution in [2.75, 3.05) is 20.2 Å². The van der Waals surface area contributed by atoms with Crippen molar-refractivity contribution in [3.05, 3.63) is 0 Å². The average molecular weight is 230 g/mol. The van der Waals surface area contributed by atoms with Gasteiger partial charge in [-0.2, -0.15) is 0 Å². The van der Waals surface area contributed by atoms with Crippen LogP contribution in [0, 0.1) is 0 Å². The first-order valence-corrected chi connectivity index (χ1v) is 6.16. The summed E-state index contributed by atoms with van der Waals surface area (Å²) in [6.07, 6.45) is 0.891. The van der Waals surface area contributed by atoms with Crippen molar-refractivity contribution in [3.63, 3.8) is 0 Å². The molecule has 0 aromatic heterocycles. The van der Waals surface area contributed by atoms with Crippen molar-refractivity contribution >= 4 is 0 Å². The number of nitrogens with two attached hydrogens (primary N) is 1. The molecule has 0 bridgehead atoms. The number of nitrogens with zero attached hydrogens (tertiary/aromatic N) is 1. The van der Waals surface area contributed by atoms with Gasteiger partial charge in [-0.1, -0.05) is 0 Å². The first kappa shape index (κ1) is 15.9. The van der Waals surface area contributed by atoms with Crippen LogP contribution in [0.4, 0.5) is 0 Å². The zero-order chi connectivity index (χ0) is 13.0. The Morgan fingerprint density at radius 2 is 1.69 bits per heavy atom. The predicted octanol–water partition coefficient (Wildman–Crippen LogP) is 2.25. The van der Waals surface area contributed by atoms with Crippen molar-refractivity contribution < 1.29 is 4.74 Å². The van der Waals surface area contributed by atoms with Crippen LogP contribution in [0.1, 0.15) is 48.0 Å². The van der Waals surface area contributed by atoms with E-state index in [0.717, 1.165) is 19.6 Å². The molecule has 3 nitrogen and oxygen atoms in total. The molecule has 16 heavy (non-hydrogen) atoms. The smallest absolute Gasteiger partial charge is 0.0752 e. The topological polar surface area (TPSA) is 38.5 Å². The molecule has 0 aromatic carbocycles. The summed E-state index contributed by atoms with van der Waals surface area (Å²) in [6, 6.07) is 0.550. The molecule has 0 aromatic rings. The summed E-state index contributed by atoms with van der Waals surface area (Å²) in [5.74, 6) is 0. The molecule has 0 aliphatic heterocycles. The van der Waals surface area contributed by atoms with Crippen LogP contribution in [0.2, 0.25) is 0 Å². The van der Waals surface area contributed by atoms with Crippen LogP contribution < -0.4 is 5.73 Å². The zero-order valence-electron chi connectivity index (χ0n) is 12.1. The van der Waals surface area contributed by atoms with Gasteiger partial charge in [-0.05, 0) is 55.0 Å². The maximum Gasteiger partial charge on any atom is 0.0752 e. The monoisotopic (exact) mass is 230 g/mol. The van der Waals surface area contributed by atoms with Gasteiger partial charge >= 0.3 is 0 Å². The fraction of sp³-hybridized carbons (Fsp3) is 1.00. The number of rotatable bonds is 7. The predicted molar refractivity (Wildman–Crippen MR) is 70.7 cm³/mol. The number of likely N-dealkylation sites (N-methyl/N-ethyl adjacent to an activating group) is 1. The molecule has 0 atom stereocenters. The molecule has 0 fully saturated rings. The maximum absolute atomic E-state index is 5.92. The van der Waals surface area contributed by atoms with Gasteiger partial charge in [-0.3, -0.25) is 0 Å². The molecule has 2 N–H and O–H groups in total. The summed E-state index contributed by atoms with van der Waals surface area (Å²) in [5.41, 5.74) is 5.68. The molecule has 3 heteroatoms. The Morgan fingerprint density at radius 3 is 2.06 bits per heavy atom. The van der Waals surface area contributed by atoms with Crippen LogP contribution in [-0.2, 0) is 4.74 Å². The third-order valence-corrected chi connectivity index (χ3v) is 2.75. The zero-order valence-corrected chi connectivity index (χ0v) is 12.1. The van der Waals surface area contributed by atoms with Crippen molar-refractivity contribution in [1.82, 2.24) is 4.90 Å². The Bertz CT molecular complexity index is 195. The highest BCUT2D eigenvalue weighted by Crippen LogP contribution is 2.14. The van der Waals surface area contributed by atoms with Crippen molar-refractivity contribution in [2.45, 2.75) is 65.1 Å². The van der Waals surface area contributed by atoms with Gasteiger partial charge < -0.3 is 15.4 Å². The lowest BCUT2D eigenvalue weighted by Gasteiger charge is -2.33. The third-order valence-electron chi connectivity index (χ3n) is 2.75. The lowest BCUT2D eigenvalue weighted by Crippen LogP contribution is -2.43. The SMILES string of the molecule is CC(C)N(C)CC(C)(C)OCCC(C)(C)N. The lowest BCUT2D eigenvalue weighted by molar-refractivity contribution is -0.0452. The van der Waals surface area contributed by atoms with E-state index in [1.165, 1.54) is 0 Å². The quantitative estimate of drug-likeness (QED) is 0.729. The summed E-state index contributed by atoms with van der Waals surface area (Å²) < 4.78 is 5.90. The maximum atomic E-state index is 5.92. The van der Waals surface area contributed by atoms with E-state index >= 15 is 0 Å². The highest BCUT2D eigenvalue weighted by Gasteiger charge is 2.22. The van der Waals surface area contributed by atoms with Crippen LogP contribution in [-0.4, -0.2) is 42.3 Å². The van der Waals surface area contributed by atoms with Gasteiger partial charge in [0.05, 0.1) is 5.60 Å². The van der Waals surface area contributed by atoms with E-state index in [1.54, 1.807) is 0 Å². The highest BCUT2D eigenvalue weighted by molar-refractivity contribution is 4.76. The van der Waals surface area contributed by atoms with Gasteiger partial charge in [-0.15, -0.1) is 0 Å². The Labute approximate surface area is 101 Å². The van der Waals surface area contributed by atoms with Gasteiger partial charge in [0.1, 0.15) is 0 Å². The summed E-state index contributed by atoms with van der Waals surface area (Å²) in [7, 11) is 2.13. The molecule has 0 saturated carbocycles. The molecule has 0 aliphatic carbocycles. The molecule has 98 valence electrons. The molecule has 0 heterocycles. The molecule has 0 amide bonds. The van der Waals surface area contributed by atoms with E-state index in [0.29, 0.717) is 6.04 Å². The average Bonchev–Trinajstić information content (AvgIpc) is 1.99. The largest absolute Gasteiger partial charge is 0.374 e. The summed E-state index contributed by atoms with van der Waals surface area (Å²) >= 11 is 0. The van der Waals surface area contributed by atoms with E-state index in [-0.39, 0.29) is 11.1 Å². The Balaban J connectivity index is 3.96. The molecule has 0 spiro atoms. The molecular formula is C13H30N2O. The molecule has 0 saturated heterocycles. The van der Waals surface area contributed by atoms with E-state index < -0.39 is 0 Å². The first-order chi connectivity index (χ1) is 7.03. The lowest BCUT2D eigenvalue weighted by atomic mass is 10.0. The normalized spacial score (nSPS) is 13.9. The van der Waals surface area contributed by atoms with Crippen LogP contribution >= 0.6 is 0 Å². The molecule has 0 unspecified atom stereocenters. The van der Waals surface area contributed by atoms with Crippen LogP contribution in [0.25, 0.3) is 0 Å². The third kappa shape index (κ3) is 8.08. The fourth-order valence-electron chi connectivity index (χ4n) is 1.42. The second kappa shape index (κ2) is 5.99. The van der Waals surface area contributed by atoms with E-state index in [1.807, 2.05) is 13.8 Å². The van der Waals surface area contributed by atoms with Crippen molar-refractivity contribution in [3.8, 4) is 0 Å². The van der Waals surface area contributed by atoms with Gasteiger partial charge in [0.25, 0.3) is 0 Å². The molecular weight excluding hydrogens is 200 g/mol. The first-order valence-electron chi connectivity index (χ1n) is 6.16. The van der Waals surface area contributed by atoms with Crippen molar-refractivity contribution in [1.29, 1.82) is 0 Å². The van der Waals surface area contributed by atoms with E-state index in [4.69, 9.17) is 10.5 Å². The molecule has 0 rings (SSSR count). The van der Waals surface area contributed by atoms with Gasteiger partial charge in [0, 0.05) is 24.7 Å².